The Labute approximate surface area is 260 Å². The van der Waals surface area contributed by atoms with Gasteiger partial charge in [-0.1, -0.05) is 109 Å². The van der Waals surface area contributed by atoms with Crippen LogP contribution >= 0.6 is 0 Å². The summed E-state index contributed by atoms with van der Waals surface area (Å²) in [6.45, 7) is 0. The van der Waals surface area contributed by atoms with Crippen molar-refractivity contribution in [2.75, 3.05) is 4.90 Å². The van der Waals surface area contributed by atoms with Gasteiger partial charge >= 0.3 is 0 Å². The number of fused-ring (bicyclic) bond motifs is 10. The summed E-state index contributed by atoms with van der Waals surface area (Å²) in [4.78, 5) is 2.44. The molecule has 3 heteroatoms. The summed E-state index contributed by atoms with van der Waals surface area (Å²) in [6.07, 6.45) is 3.18. The van der Waals surface area contributed by atoms with Gasteiger partial charge in [0.2, 0.25) is 0 Å². The van der Waals surface area contributed by atoms with Crippen molar-refractivity contribution in [2.45, 2.75) is 12.3 Å². The molecule has 10 rings (SSSR count). The fourth-order valence-corrected chi connectivity index (χ4v) is 7.58. The quantitative estimate of drug-likeness (QED) is 0.204. The van der Waals surface area contributed by atoms with Crippen molar-refractivity contribution in [3.05, 3.63) is 168 Å². The molecule has 0 bridgehead atoms. The zero-order chi connectivity index (χ0) is 29.5. The number of hydrogen-bond donors (Lipinski definition) is 0. The van der Waals surface area contributed by atoms with Crippen LogP contribution in [0.15, 0.2) is 161 Å². The SMILES string of the molecule is C1=C2C(CC3=C1c1ccccc1-c1ccccc1O3)c1ccccc1N2c1ccc(-c2cccc3c2oc2ccccc23)cc1. The van der Waals surface area contributed by atoms with E-state index in [9.17, 15) is 0 Å². The average molecular weight is 578 g/mol. The van der Waals surface area contributed by atoms with Crippen molar-refractivity contribution in [1.82, 2.24) is 0 Å². The van der Waals surface area contributed by atoms with Crippen LogP contribution in [-0.4, -0.2) is 0 Å². The van der Waals surface area contributed by atoms with Crippen molar-refractivity contribution in [1.29, 1.82) is 0 Å². The number of benzene rings is 6. The predicted molar refractivity (Wildman–Crippen MR) is 183 cm³/mol. The fourth-order valence-electron chi connectivity index (χ4n) is 7.58. The molecule has 0 spiro atoms. The lowest BCUT2D eigenvalue weighted by molar-refractivity contribution is 0.399. The van der Waals surface area contributed by atoms with Crippen LogP contribution in [0.4, 0.5) is 11.4 Å². The Morgan fingerprint density at radius 1 is 0.578 bits per heavy atom. The fraction of sp³-hybridized carbons (Fsp3) is 0.0476. The van der Waals surface area contributed by atoms with E-state index in [1.54, 1.807) is 0 Å². The average Bonchev–Trinajstić information content (AvgIpc) is 3.59. The lowest BCUT2D eigenvalue weighted by Crippen LogP contribution is -2.18. The number of furan rings is 1. The number of anilines is 2. The van der Waals surface area contributed by atoms with Gasteiger partial charge in [-0.05, 0) is 58.7 Å². The molecule has 1 aliphatic carbocycles. The Balaban J connectivity index is 1.11. The lowest BCUT2D eigenvalue weighted by Gasteiger charge is -2.28. The van der Waals surface area contributed by atoms with Crippen LogP contribution < -0.4 is 9.64 Å². The van der Waals surface area contributed by atoms with E-state index >= 15 is 0 Å². The first-order valence-electron chi connectivity index (χ1n) is 15.5. The van der Waals surface area contributed by atoms with E-state index in [-0.39, 0.29) is 5.92 Å². The summed E-state index contributed by atoms with van der Waals surface area (Å²) >= 11 is 0. The maximum Gasteiger partial charge on any atom is 0.143 e. The molecule has 0 radical (unpaired) electrons. The Kier molecular flexibility index (Phi) is 5.11. The Hall–Kier alpha value is -5.80. The minimum absolute atomic E-state index is 0.210. The molecule has 0 saturated heterocycles. The molecular weight excluding hydrogens is 550 g/mol. The molecule has 3 aliphatic rings. The summed E-state index contributed by atoms with van der Waals surface area (Å²) in [7, 11) is 0. The Morgan fingerprint density at radius 3 is 2.20 bits per heavy atom. The normalized spacial score (nSPS) is 16.3. The summed E-state index contributed by atoms with van der Waals surface area (Å²) < 4.78 is 13.1. The second-order valence-electron chi connectivity index (χ2n) is 12.0. The molecule has 45 heavy (non-hydrogen) atoms. The van der Waals surface area contributed by atoms with Gasteiger partial charge in [0.25, 0.3) is 0 Å². The molecule has 7 aromatic rings. The Morgan fingerprint density at radius 2 is 1.29 bits per heavy atom. The van der Waals surface area contributed by atoms with Crippen molar-refractivity contribution in [2.24, 2.45) is 0 Å². The van der Waals surface area contributed by atoms with E-state index in [4.69, 9.17) is 9.15 Å². The molecule has 3 heterocycles. The largest absolute Gasteiger partial charge is 0.460 e. The first-order chi connectivity index (χ1) is 22.3. The molecular formula is C42H27NO2. The zero-order valence-electron chi connectivity index (χ0n) is 24.4. The predicted octanol–water partition coefficient (Wildman–Crippen LogP) is 11.2. The van der Waals surface area contributed by atoms with Crippen LogP contribution in [0.25, 0.3) is 49.8 Å². The number of rotatable bonds is 2. The van der Waals surface area contributed by atoms with E-state index in [1.165, 1.54) is 33.6 Å². The third-order valence-electron chi connectivity index (χ3n) is 9.62. The van der Waals surface area contributed by atoms with Crippen LogP contribution in [0.3, 0.4) is 0 Å². The lowest BCUT2D eigenvalue weighted by atomic mass is 9.84. The van der Waals surface area contributed by atoms with Crippen molar-refractivity contribution in [3.63, 3.8) is 0 Å². The van der Waals surface area contributed by atoms with Crippen LogP contribution in [0.1, 0.15) is 23.5 Å². The van der Waals surface area contributed by atoms with Crippen LogP contribution in [0.2, 0.25) is 0 Å². The molecule has 0 amide bonds. The first kappa shape index (κ1) is 24.6. The summed E-state index contributed by atoms with van der Waals surface area (Å²) in [5, 5.41) is 2.30. The van der Waals surface area contributed by atoms with E-state index < -0.39 is 0 Å². The summed E-state index contributed by atoms with van der Waals surface area (Å²) in [5.41, 5.74) is 13.8. The van der Waals surface area contributed by atoms with Gasteiger partial charge in [-0.2, -0.15) is 0 Å². The van der Waals surface area contributed by atoms with Crippen molar-refractivity contribution < 1.29 is 9.15 Å². The molecule has 1 atom stereocenters. The number of hydrogen-bond acceptors (Lipinski definition) is 3. The van der Waals surface area contributed by atoms with Gasteiger partial charge < -0.3 is 14.1 Å². The van der Waals surface area contributed by atoms with Gasteiger partial charge in [0.05, 0.1) is 0 Å². The van der Waals surface area contributed by atoms with Gasteiger partial charge in [-0.15, -0.1) is 0 Å². The highest BCUT2D eigenvalue weighted by Gasteiger charge is 2.39. The number of allylic oxidation sites excluding steroid dienone is 4. The second kappa shape index (κ2) is 9.35. The van der Waals surface area contributed by atoms with Crippen LogP contribution in [0, 0.1) is 0 Å². The molecule has 3 nitrogen and oxygen atoms in total. The van der Waals surface area contributed by atoms with Crippen molar-refractivity contribution in [3.8, 4) is 28.0 Å². The molecule has 0 fully saturated rings. The molecule has 2 aliphatic heterocycles. The Bertz CT molecular complexity index is 2390. The minimum Gasteiger partial charge on any atom is -0.460 e. The van der Waals surface area contributed by atoms with E-state index in [0.29, 0.717) is 0 Å². The first-order valence-corrected chi connectivity index (χ1v) is 15.5. The highest BCUT2D eigenvalue weighted by molar-refractivity contribution is 6.09. The third kappa shape index (κ3) is 3.58. The number of para-hydroxylation sites is 4. The second-order valence-corrected chi connectivity index (χ2v) is 12.0. The standard InChI is InChI=1S/C42H27NO2/c1-2-11-30-29(10-1)32-13-4-7-18-39(32)44-41-25-35-31-12-3-6-17-37(31)43(38(35)24-36(30)41)27-22-20-26(21-23-27)28-15-9-16-34-33-14-5-8-19-40(33)45-42(28)34/h1-24,35H,25H2. The minimum atomic E-state index is 0.210. The van der Waals surface area contributed by atoms with Crippen LogP contribution in [-0.2, 0) is 0 Å². The van der Waals surface area contributed by atoms with E-state index in [0.717, 1.165) is 62.2 Å². The van der Waals surface area contributed by atoms with Gasteiger partial charge in [0.15, 0.2) is 0 Å². The molecule has 212 valence electrons. The van der Waals surface area contributed by atoms with Gasteiger partial charge in [0.1, 0.15) is 22.7 Å². The number of ether oxygens (including phenoxy) is 1. The monoisotopic (exact) mass is 577 g/mol. The molecule has 1 unspecified atom stereocenters. The smallest absolute Gasteiger partial charge is 0.143 e. The highest BCUT2D eigenvalue weighted by Crippen LogP contribution is 2.55. The van der Waals surface area contributed by atoms with E-state index in [1.807, 2.05) is 12.1 Å². The molecule has 0 saturated carbocycles. The van der Waals surface area contributed by atoms with E-state index in [2.05, 4.69) is 138 Å². The molecule has 6 aromatic carbocycles. The van der Waals surface area contributed by atoms with Gasteiger partial charge in [0, 0.05) is 56.9 Å². The topological polar surface area (TPSA) is 25.6 Å². The van der Waals surface area contributed by atoms with Gasteiger partial charge in [-0.3, -0.25) is 0 Å². The molecule has 1 aromatic heterocycles. The number of nitrogens with zero attached hydrogens (tertiary/aromatic N) is 1. The van der Waals surface area contributed by atoms with Crippen molar-refractivity contribution >= 4 is 38.9 Å². The maximum absolute atomic E-state index is 6.74. The molecule has 0 N–H and O–H groups in total. The van der Waals surface area contributed by atoms with Crippen LogP contribution in [0.5, 0.6) is 5.75 Å². The summed E-state index contributed by atoms with van der Waals surface area (Å²) in [5.74, 6) is 2.17. The van der Waals surface area contributed by atoms with Gasteiger partial charge in [-0.25, -0.2) is 0 Å². The summed E-state index contributed by atoms with van der Waals surface area (Å²) in [6, 6.07) is 49.5. The maximum atomic E-state index is 6.74. The zero-order valence-corrected chi connectivity index (χ0v) is 24.4. The third-order valence-corrected chi connectivity index (χ3v) is 9.62. The highest BCUT2D eigenvalue weighted by atomic mass is 16.5.